The molecule has 0 saturated carbocycles. The fourth-order valence-electron chi connectivity index (χ4n) is 1.14. The smallest absolute Gasteiger partial charge is 0.410 e. The number of carbonyl (C=O) groups excluding carboxylic acids is 1. The van der Waals surface area contributed by atoms with Crippen LogP contribution < -0.4 is 0 Å². The zero-order chi connectivity index (χ0) is 9.84. The summed E-state index contributed by atoms with van der Waals surface area (Å²) in [6.07, 6.45) is -0.204. The van der Waals surface area contributed by atoms with Crippen LogP contribution in [0.25, 0.3) is 0 Å². The second-order valence-corrected chi connectivity index (χ2v) is 4.69. The lowest BCUT2D eigenvalue weighted by Gasteiger charge is -2.30. The van der Waals surface area contributed by atoms with E-state index in [1.54, 1.807) is 4.90 Å². The zero-order valence-corrected chi connectivity index (χ0v) is 10.2. The van der Waals surface area contributed by atoms with Crippen LogP contribution in [0.15, 0.2) is 0 Å². The van der Waals surface area contributed by atoms with Crippen molar-refractivity contribution >= 4 is 29.0 Å². The van der Waals surface area contributed by atoms with Crippen molar-refractivity contribution in [2.45, 2.75) is 20.0 Å². The molecule has 1 amide bonds. The average molecular weight is 298 g/mol. The van der Waals surface area contributed by atoms with E-state index in [-0.39, 0.29) is 12.2 Å². The fourth-order valence-corrected chi connectivity index (χ4v) is 1.57. The summed E-state index contributed by atoms with van der Waals surface area (Å²) in [5.41, 5.74) is 0. The molecule has 1 aliphatic heterocycles. The first-order valence-corrected chi connectivity index (χ1v) is 5.42. The maximum atomic E-state index is 11.4. The number of halogens is 1. The quantitative estimate of drug-likeness (QED) is 0.543. The average Bonchev–Trinajstić information content (AvgIpc) is 2.04. The Labute approximate surface area is 92.7 Å². The first kappa shape index (κ1) is 11.0. The molecule has 4 nitrogen and oxygen atoms in total. The van der Waals surface area contributed by atoms with Crippen LogP contribution in [0.1, 0.15) is 13.8 Å². The predicted molar refractivity (Wildman–Crippen MR) is 58.8 cm³/mol. The summed E-state index contributed by atoms with van der Waals surface area (Å²) in [4.78, 5) is 13.2. The molecule has 0 atom stereocenters. The minimum absolute atomic E-state index is 0.0230. The van der Waals surface area contributed by atoms with Crippen LogP contribution in [0.3, 0.4) is 0 Å². The van der Waals surface area contributed by atoms with Gasteiger partial charge in [-0.15, -0.1) is 0 Å². The molecule has 5 heteroatoms. The van der Waals surface area contributed by atoms with Crippen molar-refractivity contribution in [3.8, 4) is 0 Å². The highest BCUT2D eigenvalue weighted by Gasteiger charge is 2.21. The lowest BCUT2D eigenvalue weighted by Crippen LogP contribution is -2.45. The van der Waals surface area contributed by atoms with E-state index in [0.29, 0.717) is 0 Å². The number of amides is 1. The van der Waals surface area contributed by atoms with Gasteiger partial charge in [-0.1, -0.05) is 0 Å². The van der Waals surface area contributed by atoms with E-state index in [1.165, 1.54) is 0 Å². The number of piperazine rings is 1. The molecule has 1 aliphatic rings. The minimum Gasteiger partial charge on any atom is -0.447 e. The van der Waals surface area contributed by atoms with Gasteiger partial charge >= 0.3 is 6.09 Å². The molecule has 0 unspecified atom stereocenters. The monoisotopic (exact) mass is 298 g/mol. The predicted octanol–water partition coefficient (Wildman–Crippen LogP) is 1.50. The number of carbonyl (C=O) groups is 1. The van der Waals surface area contributed by atoms with Crippen molar-refractivity contribution in [1.29, 1.82) is 0 Å². The molecular weight excluding hydrogens is 283 g/mol. The van der Waals surface area contributed by atoms with Crippen molar-refractivity contribution in [2.24, 2.45) is 0 Å². The summed E-state index contributed by atoms with van der Waals surface area (Å²) in [6, 6.07) is 0. The van der Waals surface area contributed by atoms with Crippen molar-refractivity contribution in [3.63, 3.8) is 0 Å². The summed E-state index contributed by atoms with van der Waals surface area (Å²) in [7, 11) is 0. The molecular formula is C8H15IN2O2. The first-order chi connectivity index (χ1) is 6.09. The topological polar surface area (TPSA) is 32.8 Å². The van der Waals surface area contributed by atoms with Gasteiger partial charge in [-0.05, 0) is 13.8 Å². The molecule has 0 spiro atoms. The van der Waals surface area contributed by atoms with Crippen LogP contribution in [0.5, 0.6) is 0 Å². The highest BCUT2D eigenvalue weighted by molar-refractivity contribution is 14.1. The molecule has 0 aliphatic carbocycles. The molecule has 1 heterocycles. The van der Waals surface area contributed by atoms with Crippen molar-refractivity contribution < 1.29 is 9.53 Å². The lowest BCUT2D eigenvalue weighted by atomic mass is 10.4. The number of rotatable bonds is 1. The van der Waals surface area contributed by atoms with E-state index in [0.717, 1.165) is 26.2 Å². The number of hydrogen-bond donors (Lipinski definition) is 0. The number of hydrogen-bond acceptors (Lipinski definition) is 3. The van der Waals surface area contributed by atoms with E-state index in [4.69, 9.17) is 4.74 Å². The van der Waals surface area contributed by atoms with Gasteiger partial charge in [0.15, 0.2) is 0 Å². The minimum atomic E-state index is -0.181. The van der Waals surface area contributed by atoms with Gasteiger partial charge in [-0.2, -0.15) is 0 Å². The largest absolute Gasteiger partial charge is 0.447 e. The Hall–Kier alpha value is -0.0400. The Kier molecular flexibility index (Phi) is 4.24. The maximum absolute atomic E-state index is 11.4. The molecule has 1 saturated heterocycles. The highest BCUT2D eigenvalue weighted by atomic mass is 127. The molecule has 0 aromatic rings. The lowest BCUT2D eigenvalue weighted by molar-refractivity contribution is 0.0689. The van der Waals surface area contributed by atoms with Crippen LogP contribution >= 0.6 is 22.9 Å². The Morgan fingerprint density at radius 1 is 1.31 bits per heavy atom. The van der Waals surface area contributed by atoms with Gasteiger partial charge in [-0.25, -0.2) is 7.91 Å². The maximum Gasteiger partial charge on any atom is 0.410 e. The molecule has 0 bridgehead atoms. The standard InChI is InChI=1S/C8H15IN2O2/c1-7(2)13-8(12)10-3-5-11(9)6-4-10/h7H,3-6H2,1-2H3. The molecule has 0 aromatic heterocycles. The SMILES string of the molecule is CC(C)OC(=O)N1CCN(I)CC1. The van der Waals surface area contributed by atoms with Gasteiger partial charge in [0.05, 0.1) is 6.10 Å². The summed E-state index contributed by atoms with van der Waals surface area (Å²) in [5.74, 6) is 0. The van der Waals surface area contributed by atoms with E-state index in [9.17, 15) is 4.79 Å². The van der Waals surface area contributed by atoms with E-state index >= 15 is 0 Å². The molecule has 0 N–H and O–H groups in total. The summed E-state index contributed by atoms with van der Waals surface area (Å²) >= 11 is 2.27. The van der Waals surface area contributed by atoms with Gasteiger partial charge in [-0.3, -0.25) is 0 Å². The van der Waals surface area contributed by atoms with Gasteiger partial charge in [0.2, 0.25) is 0 Å². The van der Waals surface area contributed by atoms with E-state index in [1.807, 2.05) is 13.8 Å². The summed E-state index contributed by atoms with van der Waals surface area (Å²) < 4.78 is 7.27. The highest BCUT2D eigenvalue weighted by Crippen LogP contribution is 2.08. The van der Waals surface area contributed by atoms with Crippen molar-refractivity contribution in [2.75, 3.05) is 26.2 Å². The second kappa shape index (κ2) is 4.99. The van der Waals surface area contributed by atoms with Crippen molar-refractivity contribution in [3.05, 3.63) is 0 Å². The zero-order valence-electron chi connectivity index (χ0n) is 7.99. The van der Waals surface area contributed by atoms with Gasteiger partial charge < -0.3 is 9.64 Å². The summed E-state index contributed by atoms with van der Waals surface area (Å²) in [6.45, 7) is 7.13. The third kappa shape index (κ3) is 3.68. The third-order valence-corrected chi connectivity index (χ3v) is 2.78. The Bertz CT molecular complexity index is 179. The van der Waals surface area contributed by atoms with E-state index < -0.39 is 0 Å². The fraction of sp³-hybridized carbons (Fsp3) is 0.875. The molecule has 13 heavy (non-hydrogen) atoms. The first-order valence-electron chi connectivity index (χ1n) is 4.46. The van der Waals surface area contributed by atoms with Gasteiger partial charge in [0, 0.05) is 49.0 Å². The molecule has 0 aromatic carbocycles. The second-order valence-electron chi connectivity index (χ2n) is 3.33. The van der Waals surface area contributed by atoms with Crippen LogP contribution in [0, 0.1) is 0 Å². The molecule has 76 valence electrons. The molecule has 0 radical (unpaired) electrons. The van der Waals surface area contributed by atoms with Gasteiger partial charge in [0.1, 0.15) is 0 Å². The van der Waals surface area contributed by atoms with Crippen LogP contribution in [-0.2, 0) is 4.74 Å². The normalized spacial score (nSPS) is 19.2. The summed E-state index contributed by atoms with van der Waals surface area (Å²) in [5, 5.41) is 0. The Morgan fingerprint density at radius 3 is 2.31 bits per heavy atom. The van der Waals surface area contributed by atoms with Crippen LogP contribution in [-0.4, -0.2) is 46.4 Å². The van der Waals surface area contributed by atoms with Gasteiger partial charge in [0.25, 0.3) is 0 Å². The Morgan fingerprint density at radius 2 is 1.85 bits per heavy atom. The van der Waals surface area contributed by atoms with E-state index in [2.05, 4.69) is 26.0 Å². The number of nitrogens with zero attached hydrogens (tertiary/aromatic N) is 2. The Balaban J connectivity index is 2.31. The molecule has 1 fully saturated rings. The van der Waals surface area contributed by atoms with Crippen LogP contribution in [0.2, 0.25) is 0 Å². The number of ether oxygens (including phenoxy) is 1. The van der Waals surface area contributed by atoms with Crippen molar-refractivity contribution in [1.82, 2.24) is 8.01 Å². The third-order valence-electron chi connectivity index (χ3n) is 1.82. The van der Waals surface area contributed by atoms with Crippen LogP contribution in [0.4, 0.5) is 4.79 Å². The molecule has 1 rings (SSSR count).